The summed E-state index contributed by atoms with van der Waals surface area (Å²) in [7, 11) is 0. The van der Waals surface area contributed by atoms with E-state index in [4.69, 9.17) is 12.2 Å². The third-order valence-corrected chi connectivity index (χ3v) is 10.4. The van der Waals surface area contributed by atoms with E-state index in [9.17, 15) is 9.59 Å². The van der Waals surface area contributed by atoms with E-state index in [0.717, 1.165) is 42.3 Å². The number of nitrogens with one attached hydrogen (secondary N) is 1. The third kappa shape index (κ3) is 4.11. The number of carbonyl (C=O) groups excluding carboxylic acids is 2. The quantitative estimate of drug-likeness (QED) is 0.298. The zero-order valence-electron chi connectivity index (χ0n) is 21.5. The van der Waals surface area contributed by atoms with Gasteiger partial charge in [0.1, 0.15) is 0 Å². The highest BCUT2D eigenvalue weighted by Crippen LogP contribution is 2.60. The van der Waals surface area contributed by atoms with Crippen LogP contribution in [0.5, 0.6) is 0 Å². The standard InChI is InChI=1S/C31H31N3O2S2/c1-19-6-8-20(9-7-19)17-33-18-24(25-4-2-3-5-26(25)33)13-27-28(35)34(30(37)38-27)32-29(36)31-14-21-10-22(15-31)12-23(11-21)16-31/h2-9,13,18,21-23H,10-12,14-17H2,1H3,(H,32,36)/b27-13-. The van der Waals surface area contributed by atoms with Crippen LogP contribution in [0.1, 0.15) is 55.2 Å². The lowest BCUT2D eigenvalue weighted by Crippen LogP contribution is -2.57. The Morgan fingerprint density at radius 3 is 2.39 bits per heavy atom. The van der Waals surface area contributed by atoms with Crippen LogP contribution in [-0.4, -0.2) is 25.7 Å². The van der Waals surface area contributed by atoms with E-state index in [1.165, 1.54) is 47.2 Å². The van der Waals surface area contributed by atoms with Crippen molar-refractivity contribution in [2.75, 3.05) is 0 Å². The molecule has 2 amide bonds. The fourth-order valence-electron chi connectivity index (χ4n) is 7.73. The van der Waals surface area contributed by atoms with Crippen molar-refractivity contribution in [2.45, 2.75) is 52.0 Å². The number of hydrogen-bond acceptors (Lipinski definition) is 4. The summed E-state index contributed by atoms with van der Waals surface area (Å²) in [5.74, 6) is 1.73. The minimum atomic E-state index is -0.328. The Hall–Kier alpha value is -2.90. The summed E-state index contributed by atoms with van der Waals surface area (Å²) >= 11 is 6.84. The molecule has 8 rings (SSSR count). The van der Waals surface area contributed by atoms with E-state index >= 15 is 0 Å². The first-order valence-electron chi connectivity index (χ1n) is 13.6. The first-order valence-corrected chi connectivity index (χ1v) is 14.8. The molecule has 5 fully saturated rings. The second kappa shape index (κ2) is 9.09. The largest absolute Gasteiger partial charge is 0.342 e. The Morgan fingerprint density at radius 2 is 1.71 bits per heavy atom. The Morgan fingerprint density at radius 1 is 1.05 bits per heavy atom. The molecule has 5 nitrogen and oxygen atoms in total. The van der Waals surface area contributed by atoms with Gasteiger partial charge in [-0.1, -0.05) is 59.8 Å². The van der Waals surface area contributed by atoms with E-state index in [2.05, 4.69) is 59.5 Å². The Balaban J connectivity index is 1.14. The van der Waals surface area contributed by atoms with Gasteiger partial charge in [-0.15, -0.1) is 0 Å². The number of aryl methyl sites for hydroxylation is 1. The summed E-state index contributed by atoms with van der Waals surface area (Å²) in [6, 6.07) is 16.8. The molecule has 0 atom stereocenters. The van der Waals surface area contributed by atoms with Crippen LogP contribution in [0.3, 0.4) is 0 Å². The van der Waals surface area contributed by atoms with Gasteiger partial charge in [0.15, 0.2) is 4.32 Å². The number of hydrogen-bond donors (Lipinski definition) is 1. The summed E-state index contributed by atoms with van der Waals surface area (Å²) in [5.41, 5.74) is 7.19. The Labute approximate surface area is 232 Å². The maximum Gasteiger partial charge on any atom is 0.285 e. The van der Waals surface area contributed by atoms with Gasteiger partial charge >= 0.3 is 0 Å². The molecule has 4 saturated carbocycles. The highest BCUT2D eigenvalue weighted by atomic mass is 32.2. The second-order valence-corrected chi connectivity index (χ2v) is 13.5. The van der Waals surface area contributed by atoms with E-state index in [1.54, 1.807) is 0 Å². The molecule has 3 aromatic rings. The smallest absolute Gasteiger partial charge is 0.285 e. The first kappa shape index (κ1) is 24.2. The number of fused-ring (bicyclic) bond motifs is 1. The van der Waals surface area contributed by atoms with Crippen LogP contribution < -0.4 is 5.43 Å². The van der Waals surface area contributed by atoms with Crippen molar-refractivity contribution in [3.05, 3.63) is 76.3 Å². The zero-order valence-corrected chi connectivity index (χ0v) is 23.1. The van der Waals surface area contributed by atoms with Crippen molar-refractivity contribution >= 4 is 57.1 Å². The number of carbonyl (C=O) groups is 2. The van der Waals surface area contributed by atoms with Crippen LogP contribution >= 0.6 is 24.0 Å². The predicted octanol–water partition coefficient (Wildman–Crippen LogP) is 6.45. The van der Waals surface area contributed by atoms with Crippen LogP contribution in [0.15, 0.2) is 59.6 Å². The minimum absolute atomic E-state index is 0.0103. The lowest BCUT2D eigenvalue weighted by molar-refractivity contribution is -0.152. The summed E-state index contributed by atoms with van der Waals surface area (Å²) in [5, 5.41) is 2.40. The molecule has 4 aliphatic carbocycles. The summed E-state index contributed by atoms with van der Waals surface area (Å²) in [6.07, 6.45) is 10.7. The van der Waals surface area contributed by atoms with Crippen LogP contribution in [-0.2, 0) is 16.1 Å². The van der Waals surface area contributed by atoms with Crippen LogP contribution in [0.25, 0.3) is 17.0 Å². The van der Waals surface area contributed by atoms with Crippen molar-refractivity contribution < 1.29 is 9.59 Å². The number of hydrazine groups is 1. The van der Waals surface area contributed by atoms with Crippen molar-refractivity contribution in [3.63, 3.8) is 0 Å². The molecule has 194 valence electrons. The van der Waals surface area contributed by atoms with Crippen LogP contribution in [0.2, 0.25) is 0 Å². The maximum atomic E-state index is 13.6. The molecule has 1 aliphatic heterocycles. The second-order valence-electron chi connectivity index (χ2n) is 11.9. The molecule has 1 aromatic heterocycles. The molecule has 0 unspecified atom stereocenters. The lowest BCUT2D eigenvalue weighted by Gasteiger charge is -2.55. The molecule has 7 heteroatoms. The Kier molecular flexibility index (Phi) is 5.78. The normalized spacial score (nSPS) is 29.1. The monoisotopic (exact) mass is 541 g/mol. The number of aromatic nitrogens is 1. The van der Waals surface area contributed by atoms with Gasteiger partial charge < -0.3 is 4.57 Å². The van der Waals surface area contributed by atoms with Crippen molar-refractivity contribution in [3.8, 4) is 0 Å². The fourth-order valence-corrected chi connectivity index (χ4v) is 8.90. The fraction of sp³-hybridized carbons (Fsp3) is 0.387. The molecule has 38 heavy (non-hydrogen) atoms. The lowest BCUT2D eigenvalue weighted by atomic mass is 9.49. The average molecular weight is 542 g/mol. The number of para-hydroxylation sites is 1. The first-order chi connectivity index (χ1) is 18.4. The molecule has 1 saturated heterocycles. The number of thiocarbonyl (C=S) groups is 1. The molecule has 0 radical (unpaired) electrons. The van der Waals surface area contributed by atoms with E-state index in [0.29, 0.717) is 27.0 Å². The van der Waals surface area contributed by atoms with Crippen LogP contribution in [0, 0.1) is 30.1 Å². The summed E-state index contributed by atoms with van der Waals surface area (Å²) in [4.78, 5) is 27.6. The SMILES string of the molecule is Cc1ccc(Cn2cc(/C=C3\SC(=S)N(NC(=O)C45CC6CC(CC(C6)C4)C5)C3=O)c3ccccc32)cc1. The van der Waals surface area contributed by atoms with Gasteiger partial charge in [-0.25, -0.2) is 0 Å². The molecule has 5 aliphatic rings. The highest BCUT2D eigenvalue weighted by Gasteiger charge is 2.55. The predicted molar refractivity (Wildman–Crippen MR) is 156 cm³/mol. The van der Waals surface area contributed by atoms with Gasteiger partial charge in [0.05, 0.1) is 10.3 Å². The molecular formula is C31H31N3O2S2. The van der Waals surface area contributed by atoms with Gasteiger partial charge in [-0.3, -0.25) is 15.0 Å². The minimum Gasteiger partial charge on any atom is -0.342 e. The molecular weight excluding hydrogens is 510 g/mol. The topological polar surface area (TPSA) is 54.3 Å². The van der Waals surface area contributed by atoms with Crippen molar-refractivity contribution in [1.82, 2.24) is 15.0 Å². The molecule has 1 N–H and O–H groups in total. The molecule has 0 spiro atoms. The average Bonchev–Trinajstić information content (AvgIpc) is 3.36. The number of amides is 2. The van der Waals surface area contributed by atoms with Crippen molar-refractivity contribution in [2.24, 2.45) is 23.2 Å². The highest BCUT2D eigenvalue weighted by molar-refractivity contribution is 8.26. The maximum absolute atomic E-state index is 13.6. The number of benzene rings is 2. The molecule has 2 heterocycles. The Bertz CT molecular complexity index is 1470. The van der Waals surface area contributed by atoms with E-state index in [1.807, 2.05) is 18.2 Å². The molecule has 4 bridgehead atoms. The van der Waals surface area contributed by atoms with Gasteiger partial charge in [0, 0.05) is 29.2 Å². The van der Waals surface area contributed by atoms with Gasteiger partial charge in [0.25, 0.3) is 5.91 Å². The van der Waals surface area contributed by atoms with E-state index in [-0.39, 0.29) is 17.2 Å². The van der Waals surface area contributed by atoms with Gasteiger partial charge in [-0.05, 0) is 93.1 Å². The summed E-state index contributed by atoms with van der Waals surface area (Å²) in [6.45, 7) is 2.84. The number of nitrogens with zero attached hydrogens (tertiary/aromatic N) is 2. The van der Waals surface area contributed by atoms with Crippen LogP contribution in [0.4, 0.5) is 0 Å². The summed E-state index contributed by atoms with van der Waals surface area (Å²) < 4.78 is 2.62. The molecule has 2 aromatic carbocycles. The zero-order chi connectivity index (χ0) is 26.0. The number of thioether (sulfide) groups is 1. The number of rotatable bonds is 5. The van der Waals surface area contributed by atoms with Gasteiger partial charge in [-0.2, -0.15) is 5.01 Å². The van der Waals surface area contributed by atoms with E-state index < -0.39 is 0 Å². The van der Waals surface area contributed by atoms with Gasteiger partial charge in [0.2, 0.25) is 5.91 Å². The third-order valence-electron chi connectivity index (χ3n) is 9.11. The van der Waals surface area contributed by atoms with Crippen molar-refractivity contribution in [1.29, 1.82) is 0 Å².